The Bertz CT molecular complexity index is 252. The minimum Gasteiger partial charge on any atom is -0.469 e. The number of methoxy groups -OCH3 is 1. The largest absolute Gasteiger partial charge is 0.469 e. The zero-order valence-electron chi connectivity index (χ0n) is 10.8. The summed E-state index contributed by atoms with van der Waals surface area (Å²) in [6.45, 7) is 6.14. The van der Waals surface area contributed by atoms with Crippen molar-refractivity contribution in [3.63, 3.8) is 0 Å². The van der Waals surface area contributed by atoms with Crippen LogP contribution >= 0.6 is 0 Å². The van der Waals surface area contributed by atoms with Gasteiger partial charge in [-0.1, -0.05) is 33.6 Å². The van der Waals surface area contributed by atoms with Gasteiger partial charge in [-0.25, -0.2) is 0 Å². The second-order valence-electron chi connectivity index (χ2n) is 5.13. The van der Waals surface area contributed by atoms with Crippen LogP contribution in [0.5, 0.6) is 0 Å². The highest BCUT2D eigenvalue weighted by molar-refractivity contribution is 5.73. The summed E-state index contributed by atoms with van der Waals surface area (Å²) < 4.78 is 4.81. The third-order valence-corrected chi connectivity index (χ3v) is 4.38. The first-order valence-electron chi connectivity index (χ1n) is 6.27. The van der Waals surface area contributed by atoms with E-state index in [9.17, 15) is 9.90 Å². The predicted octanol–water partition coefficient (Wildman–Crippen LogP) is 2.37. The summed E-state index contributed by atoms with van der Waals surface area (Å²) >= 11 is 0. The molecular weight excluding hydrogens is 204 g/mol. The van der Waals surface area contributed by atoms with Crippen molar-refractivity contribution in [3.05, 3.63) is 0 Å². The molecule has 0 heterocycles. The van der Waals surface area contributed by atoms with Gasteiger partial charge in [-0.3, -0.25) is 4.79 Å². The molecule has 94 valence electrons. The van der Waals surface area contributed by atoms with E-state index in [4.69, 9.17) is 4.74 Å². The highest BCUT2D eigenvalue weighted by Crippen LogP contribution is 2.43. The molecule has 0 aliphatic heterocycles. The number of hydrogen-bond donors (Lipinski definition) is 1. The molecule has 1 rings (SSSR count). The summed E-state index contributed by atoms with van der Waals surface area (Å²) in [6.07, 6.45) is 3.49. The Morgan fingerprint density at radius 1 is 1.56 bits per heavy atom. The Hall–Kier alpha value is -0.570. The molecule has 4 unspecified atom stereocenters. The molecule has 1 fully saturated rings. The van der Waals surface area contributed by atoms with E-state index in [0.29, 0.717) is 18.8 Å². The monoisotopic (exact) mass is 228 g/mol. The number of carbonyl (C=O) groups excluding carboxylic acids is 1. The fraction of sp³-hybridized carbons (Fsp3) is 0.923. The van der Waals surface area contributed by atoms with Crippen molar-refractivity contribution >= 4 is 5.97 Å². The molecule has 3 nitrogen and oxygen atoms in total. The number of esters is 1. The van der Waals surface area contributed by atoms with E-state index in [1.165, 1.54) is 7.11 Å². The van der Waals surface area contributed by atoms with Crippen LogP contribution in [0.25, 0.3) is 0 Å². The zero-order chi connectivity index (χ0) is 12.3. The Balaban J connectivity index is 2.91. The summed E-state index contributed by atoms with van der Waals surface area (Å²) in [7, 11) is 1.39. The normalized spacial score (nSPS) is 36.8. The molecule has 0 saturated heterocycles. The van der Waals surface area contributed by atoms with Crippen LogP contribution in [-0.2, 0) is 9.53 Å². The summed E-state index contributed by atoms with van der Waals surface area (Å²) in [5.41, 5.74) is -0.875. The molecule has 4 atom stereocenters. The van der Waals surface area contributed by atoms with Crippen LogP contribution < -0.4 is 0 Å². The van der Waals surface area contributed by atoms with E-state index in [0.717, 1.165) is 12.8 Å². The van der Waals surface area contributed by atoms with Gasteiger partial charge in [-0.05, 0) is 24.7 Å². The predicted molar refractivity (Wildman–Crippen MR) is 62.9 cm³/mol. The fourth-order valence-corrected chi connectivity index (χ4v) is 3.04. The molecule has 1 N–H and O–H groups in total. The SMILES string of the molecule is CCC(C(=O)OC)C1(O)CCCC(C)C1C. The number of aliphatic hydroxyl groups is 1. The third kappa shape index (κ3) is 2.24. The summed E-state index contributed by atoms with van der Waals surface area (Å²) in [5, 5.41) is 10.8. The number of rotatable bonds is 3. The van der Waals surface area contributed by atoms with E-state index in [1.54, 1.807) is 0 Å². The van der Waals surface area contributed by atoms with Gasteiger partial charge in [0.2, 0.25) is 0 Å². The molecule has 0 radical (unpaired) electrons. The highest BCUT2D eigenvalue weighted by Gasteiger charge is 2.48. The maximum absolute atomic E-state index is 11.7. The number of hydrogen-bond acceptors (Lipinski definition) is 3. The van der Waals surface area contributed by atoms with Gasteiger partial charge in [-0.15, -0.1) is 0 Å². The smallest absolute Gasteiger partial charge is 0.311 e. The Morgan fingerprint density at radius 2 is 2.19 bits per heavy atom. The van der Waals surface area contributed by atoms with Crippen LogP contribution in [0.4, 0.5) is 0 Å². The highest BCUT2D eigenvalue weighted by atomic mass is 16.5. The van der Waals surface area contributed by atoms with E-state index in [2.05, 4.69) is 13.8 Å². The summed E-state index contributed by atoms with van der Waals surface area (Å²) in [6, 6.07) is 0. The quantitative estimate of drug-likeness (QED) is 0.754. The molecular formula is C13H24O3. The van der Waals surface area contributed by atoms with Crippen molar-refractivity contribution in [1.82, 2.24) is 0 Å². The van der Waals surface area contributed by atoms with Crippen LogP contribution in [0, 0.1) is 17.8 Å². The molecule has 1 saturated carbocycles. The molecule has 0 amide bonds. The van der Waals surface area contributed by atoms with Crippen molar-refractivity contribution < 1.29 is 14.6 Å². The molecule has 0 aromatic carbocycles. The van der Waals surface area contributed by atoms with Crippen LogP contribution in [-0.4, -0.2) is 23.8 Å². The van der Waals surface area contributed by atoms with Crippen molar-refractivity contribution in [2.24, 2.45) is 17.8 Å². The molecule has 1 aliphatic carbocycles. The van der Waals surface area contributed by atoms with Crippen molar-refractivity contribution in [2.45, 2.75) is 52.1 Å². The van der Waals surface area contributed by atoms with E-state index < -0.39 is 5.60 Å². The van der Waals surface area contributed by atoms with Crippen LogP contribution in [0.3, 0.4) is 0 Å². The third-order valence-electron chi connectivity index (χ3n) is 4.38. The Kier molecular flexibility index (Phi) is 4.36. The summed E-state index contributed by atoms with van der Waals surface area (Å²) in [4.78, 5) is 11.7. The van der Waals surface area contributed by atoms with Crippen LogP contribution in [0.1, 0.15) is 46.5 Å². The molecule has 16 heavy (non-hydrogen) atoms. The van der Waals surface area contributed by atoms with Gasteiger partial charge in [0.15, 0.2) is 0 Å². The molecule has 1 aliphatic rings. The van der Waals surface area contributed by atoms with Gasteiger partial charge in [0, 0.05) is 0 Å². The molecule has 0 spiro atoms. The lowest BCUT2D eigenvalue weighted by Gasteiger charge is -2.45. The molecule has 3 heteroatoms. The maximum atomic E-state index is 11.7. The second kappa shape index (κ2) is 5.17. The van der Waals surface area contributed by atoms with Gasteiger partial charge in [-0.2, -0.15) is 0 Å². The van der Waals surface area contributed by atoms with Gasteiger partial charge >= 0.3 is 5.97 Å². The fourth-order valence-electron chi connectivity index (χ4n) is 3.04. The van der Waals surface area contributed by atoms with E-state index >= 15 is 0 Å². The lowest BCUT2D eigenvalue weighted by molar-refractivity contribution is -0.167. The first kappa shape index (κ1) is 13.5. The van der Waals surface area contributed by atoms with Crippen LogP contribution in [0.2, 0.25) is 0 Å². The van der Waals surface area contributed by atoms with Gasteiger partial charge in [0.1, 0.15) is 0 Å². The minimum absolute atomic E-state index is 0.158. The van der Waals surface area contributed by atoms with Crippen molar-refractivity contribution in [2.75, 3.05) is 7.11 Å². The average molecular weight is 228 g/mol. The second-order valence-corrected chi connectivity index (χ2v) is 5.13. The number of carbonyl (C=O) groups is 1. The lowest BCUT2D eigenvalue weighted by atomic mass is 9.64. The van der Waals surface area contributed by atoms with Crippen LogP contribution in [0.15, 0.2) is 0 Å². The molecule has 0 aromatic heterocycles. The average Bonchev–Trinajstić information content (AvgIpc) is 2.26. The van der Waals surface area contributed by atoms with E-state index in [1.807, 2.05) is 6.92 Å². The number of ether oxygens (including phenoxy) is 1. The van der Waals surface area contributed by atoms with Gasteiger partial charge in [0.25, 0.3) is 0 Å². The Morgan fingerprint density at radius 3 is 2.69 bits per heavy atom. The lowest BCUT2D eigenvalue weighted by Crippen LogP contribution is -2.51. The zero-order valence-corrected chi connectivity index (χ0v) is 10.8. The summed E-state index contributed by atoms with van der Waals surface area (Å²) in [5.74, 6) is -0.0241. The van der Waals surface area contributed by atoms with Crippen molar-refractivity contribution in [1.29, 1.82) is 0 Å². The van der Waals surface area contributed by atoms with Gasteiger partial charge < -0.3 is 9.84 Å². The van der Waals surface area contributed by atoms with Gasteiger partial charge in [0.05, 0.1) is 18.6 Å². The Labute approximate surface area is 98.2 Å². The standard InChI is InChI=1S/C13H24O3/c1-5-11(12(14)16-4)13(15)8-6-7-9(2)10(13)3/h9-11,15H,5-8H2,1-4H3. The topological polar surface area (TPSA) is 46.5 Å². The molecule has 0 aromatic rings. The molecule has 0 bridgehead atoms. The first-order chi connectivity index (χ1) is 7.47. The minimum atomic E-state index is -0.875. The first-order valence-corrected chi connectivity index (χ1v) is 6.27. The maximum Gasteiger partial charge on any atom is 0.311 e. The van der Waals surface area contributed by atoms with E-state index in [-0.39, 0.29) is 17.8 Å². The van der Waals surface area contributed by atoms with Crippen molar-refractivity contribution in [3.8, 4) is 0 Å².